The maximum atomic E-state index is 6.09. The molecule has 1 aromatic carbocycles. The van der Waals surface area contributed by atoms with E-state index >= 15 is 0 Å². The van der Waals surface area contributed by atoms with E-state index in [-0.39, 0.29) is 0 Å². The summed E-state index contributed by atoms with van der Waals surface area (Å²) in [5, 5.41) is 4.29. The van der Waals surface area contributed by atoms with Gasteiger partial charge in [-0.15, -0.1) is 0 Å². The van der Waals surface area contributed by atoms with Crippen molar-refractivity contribution < 1.29 is 0 Å². The molecule has 2 nitrogen and oxygen atoms in total. The quantitative estimate of drug-likeness (QED) is 0.890. The third-order valence-corrected chi connectivity index (χ3v) is 3.67. The summed E-state index contributed by atoms with van der Waals surface area (Å²) in [6, 6.07) is 8.80. The molecule has 0 radical (unpaired) electrons. The maximum Gasteiger partial charge on any atom is 0.0409 e. The van der Waals surface area contributed by atoms with Gasteiger partial charge in [0.15, 0.2) is 0 Å². The number of benzene rings is 1. The van der Waals surface area contributed by atoms with Crippen LogP contribution in [0.25, 0.3) is 0 Å². The zero-order valence-corrected chi connectivity index (χ0v) is 11.2. The van der Waals surface area contributed by atoms with Crippen molar-refractivity contribution in [2.75, 3.05) is 26.2 Å². The van der Waals surface area contributed by atoms with Gasteiger partial charge in [0.05, 0.1) is 0 Å². The first-order valence-electron chi connectivity index (χ1n) is 6.51. The number of rotatable bonds is 3. The van der Waals surface area contributed by atoms with Crippen molar-refractivity contribution in [2.45, 2.75) is 25.8 Å². The summed E-state index contributed by atoms with van der Waals surface area (Å²) < 4.78 is 0. The van der Waals surface area contributed by atoms with Crippen LogP contribution in [0.1, 0.15) is 31.4 Å². The first-order valence-corrected chi connectivity index (χ1v) is 6.89. The summed E-state index contributed by atoms with van der Waals surface area (Å²) in [5.41, 5.74) is 1.35. The van der Waals surface area contributed by atoms with Crippen LogP contribution in [0.2, 0.25) is 5.02 Å². The molecule has 1 N–H and O–H groups in total. The van der Waals surface area contributed by atoms with Gasteiger partial charge in [-0.25, -0.2) is 0 Å². The summed E-state index contributed by atoms with van der Waals surface area (Å²) in [5.74, 6) is 0. The van der Waals surface area contributed by atoms with Crippen LogP contribution in [-0.2, 0) is 0 Å². The van der Waals surface area contributed by atoms with Crippen LogP contribution in [0.5, 0.6) is 0 Å². The van der Waals surface area contributed by atoms with E-state index in [1.807, 2.05) is 6.07 Å². The highest BCUT2D eigenvalue weighted by Crippen LogP contribution is 2.26. The predicted octanol–water partition coefficient (Wildman–Crippen LogP) is 3.09. The van der Waals surface area contributed by atoms with Crippen molar-refractivity contribution in [3.05, 3.63) is 34.9 Å². The molecule has 1 heterocycles. The molecule has 1 atom stereocenters. The summed E-state index contributed by atoms with van der Waals surface area (Å²) in [4.78, 5) is 2.58. The number of hydrogen-bond acceptors (Lipinski definition) is 2. The van der Waals surface area contributed by atoms with Crippen LogP contribution in [0.3, 0.4) is 0 Å². The van der Waals surface area contributed by atoms with Gasteiger partial charge in [0.25, 0.3) is 0 Å². The Morgan fingerprint density at radius 3 is 3.00 bits per heavy atom. The molecule has 0 saturated carbocycles. The summed E-state index contributed by atoms with van der Waals surface area (Å²) in [6.07, 6.45) is 2.37. The van der Waals surface area contributed by atoms with Gasteiger partial charge in [-0.3, -0.25) is 4.90 Å². The second-order valence-electron chi connectivity index (χ2n) is 4.62. The lowest BCUT2D eigenvalue weighted by molar-refractivity contribution is 0.205. The lowest BCUT2D eigenvalue weighted by atomic mass is 10.0. The second-order valence-corrected chi connectivity index (χ2v) is 5.06. The van der Waals surface area contributed by atoms with E-state index in [1.54, 1.807) is 0 Å². The first-order chi connectivity index (χ1) is 8.31. The van der Waals surface area contributed by atoms with Crippen molar-refractivity contribution in [2.24, 2.45) is 0 Å². The molecule has 94 valence electrons. The van der Waals surface area contributed by atoms with E-state index in [4.69, 9.17) is 11.6 Å². The van der Waals surface area contributed by atoms with Crippen molar-refractivity contribution >= 4 is 11.6 Å². The molecule has 1 fully saturated rings. The largest absolute Gasteiger partial charge is 0.315 e. The zero-order valence-electron chi connectivity index (χ0n) is 10.5. The topological polar surface area (TPSA) is 15.3 Å². The molecule has 17 heavy (non-hydrogen) atoms. The highest BCUT2D eigenvalue weighted by atomic mass is 35.5. The van der Waals surface area contributed by atoms with Gasteiger partial charge in [0, 0.05) is 30.7 Å². The van der Waals surface area contributed by atoms with Gasteiger partial charge < -0.3 is 5.32 Å². The molecule has 1 aliphatic heterocycles. The van der Waals surface area contributed by atoms with Gasteiger partial charge >= 0.3 is 0 Å². The lowest BCUT2D eigenvalue weighted by Crippen LogP contribution is -2.32. The van der Waals surface area contributed by atoms with Crippen molar-refractivity contribution in [1.82, 2.24) is 10.2 Å². The molecule has 1 saturated heterocycles. The molecule has 0 aliphatic carbocycles. The van der Waals surface area contributed by atoms with Crippen molar-refractivity contribution in [3.63, 3.8) is 0 Å². The fourth-order valence-electron chi connectivity index (χ4n) is 2.60. The van der Waals surface area contributed by atoms with E-state index in [0.29, 0.717) is 6.04 Å². The van der Waals surface area contributed by atoms with Crippen LogP contribution < -0.4 is 5.32 Å². The van der Waals surface area contributed by atoms with Crippen molar-refractivity contribution in [3.8, 4) is 0 Å². The van der Waals surface area contributed by atoms with Crippen LogP contribution in [0, 0.1) is 0 Å². The third-order valence-electron chi connectivity index (χ3n) is 3.44. The molecule has 3 heteroatoms. The third kappa shape index (κ3) is 3.44. The van der Waals surface area contributed by atoms with Gasteiger partial charge in [0.1, 0.15) is 0 Å². The maximum absolute atomic E-state index is 6.09. The molecule has 1 aromatic rings. The van der Waals surface area contributed by atoms with Crippen LogP contribution in [0.4, 0.5) is 0 Å². The monoisotopic (exact) mass is 252 g/mol. The smallest absolute Gasteiger partial charge is 0.0409 e. The molecule has 1 aliphatic rings. The Morgan fingerprint density at radius 1 is 1.35 bits per heavy atom. The van der Waals surface area contributed by atoms with E-state index in [1.165, 1.54) is 18.5 Å². The fraction of sp³-hybridized carbons (Fsp3) is 0.571. The van der Waals surface area contributed by atoms with Crippen LogP contribution in [0.15, 0.2) is 24.3 Å². The zero-order chi connectivity index (χ0) is 12.1. The Balaban J connectivity index is 2.14. The molecular weight excluding hydrogens is 232 g/mol. The highest BCUT2D eigenvalue weighted by Gasteiger charge is 2.19. The number of nitrogens with zero attached hydrogens (tertiary/aromatic N) is 1. The first kappa shape index (κ1) is 12.9. The summed E-state index contributed by atoms with van der Waals surface area (Å²) >= 11 is 6.09. The molecular formula is C14H21ClN2. The minimum Gasteiger partial charge on any atom is -0.315 e. The van der Waals surface area contributed by atoms with Crippen LogP contribution >= 0.6 is 11.6 Å². The molecule has 0 aromatic heterocycles. The van der Waals surface area contributed by atoms with Gasteiger partial charge in [0.2, 0.25) is 0 Å². The van der Waals surface area contributed by atoms with E-state index in [2.05, 4.69) is 35.3 Å². The van der Waals surface area contributed by atoms with Crippen molar-refractivity contribution in [1.29, 1.82) is 0 Å². The Hall–Kier alpha value is -0.570. The van der Waals surface area contributed by atoms with Crippen LogP contribution in [-0.4, -0.2) is 31.1 Å². The predicted molar refractivity (Wildman–Crippen MR) is 73.5 cm³/mol. The Bertz CT molecular complexity index is 346. The fourth-order valence-corrected chi connectivity index (χ4v) is 2.80. The molecule has 0 bridgehead atoms. The molecule has 0 amide bonds. The van der Waals surface area contributed by atoms with Gasteiger partial charge in [-0.1, -0.05) is 30.7 Å². The Morgan fingerprint density at radius 2 is 2.24 bits per heavy atom. The van der Waals surface area contributed by atoms with E-state index in [0.717, 1.165) is 31.1 Å². The van der Waals surface area contributed by atoms with E-state index < -0.39 is 0 Å². The molecule has 2 rings (SSSR count). The normalized spacial score (nSPS) is 19.9. The van der Waals surface area contributed by atoms with E-state index in [9.17, 15) is 0 Å². The minimum atomic E-state index is 0.508. The molecule has 0 spiro atoms. The number of nitrogens with one attached hydrogen (secondary N) is 1. The molecule has 1 unspecified atom stereocenters. The average Bonchev–Trinajstić information content (AvgIpc) is 2.59. The summed E-state index contributed by atoms with van der Waals surface area (Å²) in [7, 11) is 0. The van der Waals surface area contributed by atoms with Gasteiger partial charge in [-0.2, -0.15) is 0 Å². The lowest BCUT2D eigenvalue weighted by Gasteiger charge is -2.30. The van der Waals surface area contributed by atoms with Gasteiger partial charge in [-0.05, 0) is 37.1 Å². The standard InChI is InChI=1S/C14H21ClN2/c1-2-14(12-5-3-6-13(15)11-12)17-9-4-7-16-8-10-17/h3,5-6,11,14,16H,2,4,7-10H2,1H3. The average molecular weight is 253 g/mol. The number of hydrogen-bond donors (Lipinski definition) is 1. The second kappa shape index (κ2) is 6.39. The minimum absolute atomic E-state index is 0.508. The number of halogens is 1. The SMILES string of the molecule is CCC(c1cccc(Cl)c1)N1CCCNCC1. The Labute approximate surface area is 109 Å². The summed E-state index contributed by atoms with van der Waals surface area (Å²) in [6.45, 7) is 6.80. The Kier molecular flexibility index (Phi) is 4.84. The highest BCUT2D eigenvalue weighted by molar-refractivity contribution is 6.30.